The summed E-state index contributed by atoms with van der Waals surface area (Å²) in [6.07, 6.45) is 3.31. The van der Waals surface area contributed by atoms with E-state index in [1.165, 1.54) is 0 Å². The van der Waals surface area contributed by atoms with Gasteiger partial charge in [0, 0.05) is 12.4 Å². The predicted molar refractivity (Wildman–Crippen MR) is 62.2 cm³/mol. The molecule has 0 saturated carbocycles. The maximum absolute atomic E-state index is 5.95. The molecule has 0 radical (unpaired) electrons. The van der Waals surface area contributed by atoms with Crippen LogP contribution in [-0.4, -0.2) is 9.97 Å². The van der Waals surface area contributed by atoms with Crippen molar-refractivity contribution in [2.24, 2.45) is 0 Å². The fourth-order valence-electron chi connectivity index (χ4n) is 1.22. The number of hydrogen-bond donors (Lipinski definition) is 1. The summed E-state index contributed by atoms with van der Waals surface area (Å²) in [4.78, 5) is 8.07. The van der Waals surface area contributed by atoms with Crippen molar-refractivity contribution in [3.63, 3.8) is 0 Å². The maximum atomic E-state index is 5.95. The summed E-state index contributed by atoms with van der Waals surface area (Å²) in [7, 11) is 0. The highest BCUT2D eigenvalue weighted by Crippen LogP contribution is 2.30. The van der Waals surface area contributed by atoms with Crippen LogP contribution in [0.15, 0.2) is 36.7 Å². The number of nitrogens with two attached hydrogens (primary N) is 1. The van der Waals surface area contributed by atoms with Gasteiger partial charge in [0.15, 0.2) is 11.6 Å². The van der Waals surface area contributed by atoms with Gasteiger partial charge in [-0.1, -0.05) is 17.7 Å². The number of anilines is 1. The summed E-state index contributed by atoms with van der Waals surface area (Å²) in [5, 5.41) is 0.482. The summed E-state index contributed by atoms with van der Waals surface area (Å²) in [5.74, 6) is 1.05. The van der Waals surface area contributed by atoms with E-state index < -0.39 is 0 Å². The highest BCUT2D eigenvalue weighted by atomic mass is 35.5. The lowest BCUT2D eigenvalue weighted by atomic mass is 10.3. The van der Waals surface area contributed by atoms with Gasteiger partial charge in [-0.05, 0) is 18.2 Å². The molecule has 1 aromatic carbocycles. The molecule has 2 aromatic rings. The Hall–Kier alpha value is -1.81. The molecule has 0 atom stereocenters. The van der Waals surface area contributed by atoms with E-state index in [9.17, 15) is 0 Å². The molecule has 2 rings (SSSR count). The average Bonchev–Trinajstić information content (AvgIpc) is 2.30. The van der Waals surface area contributed by atoms with Crippen molar-refractivity contribution in [1.29, 1.82) is 0 Å². The Morgan fingerprint density at radius 2 is 1.94 bits per heavy atom. The standard InChI is InChI=1S/C11H10ClN3O/c12-8-3-1-4-9(13)11(8)16-7-10-14-5-2-6-15-10/h1-6H,7,13H2. The van der Waals surface area contributed by atoms with E-state index in [2.05, 4.69) is 9.97 Å². The zero-order valence-corrected chi connectivity index (χ0v) is 9.19. The van der Waals surface area contributed by atoms with Crippen LogP contribution in [0.2, 0.25) is 5.02 Å². The van der Waals surface area contributed by atoms with Gasteiger partial charge < -0.3 is 10.5 Å². The van der Waals surface area contributed by atoms with Gasteiger partial charge in [0.1, 0.15) is 6.61 Å². The molecule has 0 amide bonds. The van der Waals surface area contributed by atoms with E-state index >= 15 is 0 Å². The number of hydrogen-bond acceptors (Lipinski definition) is 4. The summed E-state index contributed by atoms with van der Waals surface area (Å²) in [5.41, 5.74) is 6.24. The van der Waals surface area contributed by atoms with E-state index in [1.807, 2.05) is 0 Å². The highest BCUT2D eigenvalue weighted by molar-refractivity contribution is 6.32. The summed E-state index contributed by atoms with van der Waals surface area (Å²) >= 11 is 5.95. The van der Waals surface area contributed by atoms with Crippen molar-refractivity contribution in [2.75, 3.05) is 5.73 Å². The van der Waals surface area contributed by atoms with Crippen LogP contribution in [0.3, 0.4) is 0 Å². The lowest BCUT2D eigenvalue weighted by Crippen LogP contribution is -2.02. The topological polar surface area (TPSA) is 61.0 Å². The molecule has 0 bridgehead atoms. The zero-order chi connectivity index (χ0) is 11.4. The number of halogens is 1. The maximum Gasteiger partial charge on any atom is 0.166 e. The van der Waals surface area contributed by atoms with Crippen molar-refractivity contribution in [1.82, 2.24) is 9.97 Å². The second-order valence-electron chi connectivity index (χ2n) is 3.11. The van der Waals surface area contributed by atoms with Gasteiger partial charge in [0.25, 0.3) is 0 Å². The number of nitrogen functional groups attached to an aromatic ring is 1. The van der Waals surface area contributed by atoms with E-state index in [-0.39, 0.29) is 6.61 Å². The summed E-state index contributed by atoms with van der Waals surface area (Å²) < 4.78 is 5.47. The Balaban J connectivity index is 2.11. The SMILES string of the molecule is Nc1cccc(Cl)c1OCc1ncccn1. The number of aromatic nitrogens is 2. The number of benzene rings is 1. The summed E-state index contributed by atoms with van der Waals surface area (Å²) in [6.45, 7) is 0.245. The lowest BCUT2D eigenvalue weighted by molar-refractivity contribution is 0.297. The third-order valence-corrected chi connectivity index (χ3v) is 2.26. The summed E-state index contributed by atoms with van der Waals surface area (Å²) in [6, 6.07) is 6.96. The molecule has 5 heteroatoms. The van der Waals surface area contributed by atoms with Gasteiger partial charge in [0.05, 0.1) is 10.7 Å². The molecule has 16 heavy (non-hydrogen) atoms. The Kier molecular flexibility index (Phi) is 3.22. The number of nitrogens with zero attached hydrogens (tertiary/aromatic N) is 2. The van der Waals surface area contributed by atoms with Crippen LogP contribution in [0.5, 0.6) is 5.75 Å². The lowest BCUT2D eigenvalue weighted by Gasteiger charge is -2.09. The first-order valence-corrected chi connectivity index (χ1v) is 5.08. The molecule has 1 aromatic heterocycles. The molecule has 0 fully saturated rings. The van der Waals surface area contributed by atoms with E-state index in [4.69, 9.17) is 22.1 Å². The molecule has 0 unspecified atom stereocenters. The Labute approximate surface area is 98.0 Å². The molecule has 0 saturated heterocycles. The quantitative estimate of drug-likeness (QED) is 0.830. The molecule has 0 aliphatic carbocycles. The van der Waals surface area contributed by atoms with E-state index in [1.54, 1.807) is 36.7 Å². The van der Waals surface area contributed by atoms with Gasteiger partial charge in [-0.2, -0.15) is 0 Å². The fraction of sp³-hybridized carbons (Fsp3) is 0.0909. The highest BCUT2D eigenvalue weighted by Gasteiger charge is 2.06. The molecule has 4 nitrogen and oxygen atoms in total. The van der Waals surface area contributed by atoms with E-state index in [0.29, 0.717) is 22.3 Å². The second kappa shape index (κ2) is 4.81. The predicted octanol–water partition coefficient (Wildman–Crippen LogP) is 2.29. The minimum absolute atomic E-state index is 0.245. The van der Waals surface area contributed by atoms with Gasteiger partial charge in [-0.3, -0.25) is 0 Å². The van der Waals surface area contributed by atoms with Crippen LogP contribution in [0, 0.1) is 0 Å². The normalized spacial score (nSPS) is 10.1. The number of ether oxygens (including phenoxy) is 1. The van der Waals surface area contributed by atoms with Gasteiger partial charge in [-0.15, -0.1) is 0 Å². The molecule has 2 N–H and O–H groups in total. The molecular weight excluding hydrogens is 226 g/mol. The third kappa shape index (κ3) is 2.41. The van der Waals surface area contributed by atoms with Gasteiger partial charge >= 0.3 is 0 Å². The van der Waals surface area contributed by atoms with Crippen molar-refractivity contribution < 1.29 is 4.74 Å². The Morgan fingerprint density at radius 1 is 1.19 bits per heavy atom. The van der Waals surface area contributed by atoms with Crippen molar-refractivity contribution >= 4 is 17.3 Å². The average molecular weight is 236 g/mol. The zero-order valence-electron chi connectivity index (χ0n) is 8.43. The van der Waals surface area contributed by atoms with Crippen LogP contribution in [-0.2, 0) is 6.61 Å². The first-order chi connectivity index (χ1) is 7.77. The van der Waals surface area contributed by atoms with Crippen molar-refractivity contribution in [3.05, 3.63) is 47.5 Å². The molecule has 0 spiro atoms. The Bertz CT molecular complexity index is 456. The van der Waals surface area contributed by atoms with Crippen LogP contribution < -0.4 is 10.5 Å². The van der Waals surface area contributed by atoms with Crippen LogP contribution in [0.1, 0.15) is 5.82 Å². The molecule has 0 aliphatic heterocycles. The van der Waals surface area contributed by atoms with Crippen LogP contribution in [0.4, 0.5) is 5.69 Å². The monoisotopic (exact) mass is 235 g/mol. The smallest absolute Gasteiger partial charge is 0.166 e. The molecular formula is C11H10ClN3O. The largest absolute Gasteiger partial charge is 0.482 e. The first kappa shape index (κ1) is 10.7. The first-order valence-electron chi connectivity index (χ1n) is 4.70. The minimum Gasteiger partial charge on any atom is -0.482 e. The molecule has 1 heterocycles. The van der Waals surface area contributed by atoms with Crippen LogP contribution >= 0.6 is 11.6 Å². The second-order valence-corrected chi connectivity index (χ2v) is 3.52. The minimum atomic E-state index is 0.245. The van der Waals surface area contributed by atoms with Gasteiger partial charge in [-0.25, -0.2) is 9.97 Å². The number of rotatable bonds is 3. The van der Waals surface area contributed by atoms with E-state index in [0.717, 1.165) is 0 Å². The third-order valence-electron chi connectivity index (χ3n) is 1.96. The van der Waals surface area contributed by atoms with Crippen molar-refractivity contribution in [3.8, 4) is 5.75 Å². The van der Waals surface area contributed by atoms with Crippen LogP contribution in [0.25, 0.3) is 0 Å². The number of para-hydroxylation sites is 1. The molecule has 0 aliphatic rings. The fourth-order valence-corrected chi connectivity index (χ4v) is 1.46. The van der Waals surface area contributed by atoms with Crippen molar-refractivity contribution in [2.45, 2.75) is 6.61 Å². The van der Waals surface area contributed by atoms with Gasteiger partial charge in [0.2, 0.25) is 0 Å². The Morgan fingerprint density at radius 3 is 2.62 bits per heavy atom. The molecule has 82 valence electrons.